The van der Waals surface area contributed by atoms with Gasteiger partial charge in [0, 0.05) is 5.56 Å². The molecule has 47 heavy (non-hydrogen) atoms. The third-order valence-electron chi connectivity index (χ3n) is 6.90. The first-order valence-electron chi connectivity index (χ1n) is 14.6. The van der Waals surface area contributed by atoms with Crippen molar-refractivity contribution in [3.8, 4) is 23.0 Å². The van der Waals surface area contributed by atoms with E-state index in [1.807, 2.05) is 30.3 Å². The Kier molecular flexibility index (Phi) is 12.2. The quantitative estimate of drug-likeness (QED) is 0.193. The molecule has 0 aromatic heterocycles. The molecule has 0 saturated heterocycles. The van der Waals surface area contributed by atoms with E-state index in [-0.39, 0.29) is 34.8 Å². The minimum absolute atomic E-state index is 0.0908. The predicted molar refractivity (Wildman–Crippen MR) is 172 cm³/mol. The number of ether oxygens (including phenoxy) is 5. The summed E-state index contributed by atoms with van der Waals surface area (Å²) < 4.78 is 27.5. The van der Waals surface area contributed by atoms with Gasteiger partial charge >= 0.3 is 18.0 Å². The number of carboxylic acid groups (broad SMARTS) is 1. The summed E-state index contributed by atoms with van der Waals surface area (Å²) in [7, 11) is 4.02. The predicted octanol–water partition coefficient (Wildman–Crippen LogP) is 4.36. The highest BCUT2D eigenvalue weighted by Gasteiger charge is 2.30. The molecule has 0 radical (unpaired) electrons. The van der Waals surface area contributed by atoms with Crippen molar-refractivity contribution in [1.82, 2.24) is 10.6 Å². The summed E-state index contributed by atoms with van der Waals surface area (Å²) in [6.07, 6.45) is -0.682. The fourth-order valence-electron chi connectivity index (χ4n) is 4.56. The Morgan fingerprint density at radius 1 is 0.809 bits per heavy atom. The average Bonchev–Trinajstić information content (AvgIpc) is 3.02. The van der Waals surface area contributed by atoms with Crippen molar-refractivity contribution in [2.45, 2.75) is 57.8 Å². The molecule has 0 fully saturated rings. The number of benzene rings is 3. The summed E-state index contributed by atoms with van der Waals surface area (Å²) in [6.45, 7) is 6.67. The first-order valence-corrected chi connectivity index (χ1v) is 14.6. The van der Waals surface area contributed by atoms with Crippen molar-refractivity contribution in [3.05, 3.63) is 82.9 Å². The van der Waals surface area contributed by atoms with Crippen LogP contribution in [0.2, 0.25) is 0 Å². The summed E-state index contributed by atoms with van der Waals surface area (Å²) in [6, 6.07) is 12.9. The number of rotatable bonds is 13. The van der Waals surface area contributed by atoms with Crippen molar-refractivity contribution < 1.29 is 48.0 Å². The van der Waals surface area contributed by atoms with Gasteiger partial charge in [-0.05, 0) is 75.1 Å². The van der Waals surface area contributed by atoms with E-state index < -0.39 is 47.7 Å². The minimum atomic E-state index is -1.49. The first kappa shape index (κ1) is 36.2. The lowest BCUT2D eigenvalue weighted by Crippen LogP contribution is -2.45. The molecule has 0 spiro atoms. The maximum atomic E-state index is 13.1. The number of methoxy groups -OCH3 is 3. The van der Waals surface area contributed by atoms with Gasteiger partial charge in [0.2, 0.25) is 5.91 Å². The van der Waals surface area contributed by atoms with Crippen molar-refractivity contribution >= 4 is 23.9 Å². The van der Waals surface area contributed by atoms with Crippen molar-refractivity contribution in [3.63, 3.8) is 0 Å². The molecule has 0 saturated carbocycles. The molecule has 5 N–H and O–H groups in total. The molecule has 0 aliphatic heterocycles. The minimum Gasteiger partial charge on any atom is -0.496 e. The second-order valence-electron chi connectivity index (χ2n) is 11.5. The maximum absolute atomic E-state index is 13.1. The van der Waals surface area contributed by atoms with Crippen LogP contribution in [0.1, 0.15) is 55.1 Å². The monoisotopic (exact) mass is 651 g/mol. The van der Waals surface area contributed by atoms with Crippen molar-refractivity contribution in [1.29, 1.82) is 0 Å². The Labute approximate surface area is 273 Å². The normalized spacial score (nSPS) is 12.9. The number of hydrogen-bond donors (Lipinski definition) is 4. The number of amides is 2. The Morgan fingerprint density at radius 3 is 2.00 bits per heavy atom. The van der Waals surface area contributed by atoms with Crippen LogP contribution in [0.4, 0.5) is 4.79 Å². The number of carbonyl (C=O) groups excluding carboxylic acids is 3. The molecule has 0 aliphatic carbocycles. The van der Waals surface area contributed by atoms with Crippen LogP contribution in [0, 0.1) is 6.92 Å². The van der Waals surface area contributed by atoms with Gasteiger partial charge in [-0.25, -0.2) is 14.4 Å². The highest BCUT2D eigenvalue weighted by atomic mass is 16.6. The smallest absolute Gasteiger partial charge is 0.408 e. The second kappa shape index (κ2) is 15.8. The van der Waals surface area contributed by atoms with Gasteiger partial charge in [-0.15, -0.1) is 0 Å². The lowest BCUT2D eigenvalue weighted by atomic mass is 10.0. The molecule has 0 aliphatic rings. The van der Waals surface area contributed by atoms with Gasteiger partial charge in [0.25, 0.3) is 0 Å². The zero-order valence-electron chi connectivity index (χ0n) is 27.4. The first-order chi connectivity index (χ1) is 22.2. The third-order valence-corrected chi connectivity index (χ3v) is 6.90. The van der Waals surface area contributed by atoms with Crippen LogP contribution >= 0.6 is 0 Å². The highest BCUT2D eigenvalue weighted by molar-refractivity contribution is 5.88. The SMILES string of the molecule is COC(=O)[C@@H](NC(=O)[C@H](N)Cc1ccccc1)c1cc(OC)c(C)c(Oc2cc([C@@H](NC(=O)OC(C)(C)C)C(=O)O)ccc2OC)c1. The van der Waals surface area contributed by atoms with Crippen LogP contribution in [0.3, 0.4) is 0 Å². The Bertz CT molecular complexity index is 1590. The Morgan fingerprint density at radius 2 is 1.43 bits per heavy atom. The molecule has 13 nitrogen and oxygen atoms in total. The number of aliphatic carboxylic acids is 1. The van der Waals surface area contributed by atoms with Crippen LogP contribution in [-0.2, 0) is 30.3 Å². The average molecular weight is 652 g/mol. The largest absolute Gasteiger partial charge is 0.496 e. The van der Waals surface area contributed by atoms with Crippen LogP contribution < -0.4 is 30.6 Å². The van der Waals surface area contributed by atoms with Gasteiger partial charge in [-0.3, -0.25) is 4.79 Å². The zero-order chi connectivity index (χ0) is 34.9. The van der Waals surface area contributed by atoms with Gasteiger partial charge in [0.15, 0.2) is 23.6 Å². The Balaban J connectivity index is 1.99. The number of carboxylic acids is 1. The summed E-state index contributed by atoms with van der Waals surface area (Å²) in [5.41, 5.74) is 7.11. The van der Waals surface area contributed by atoms with Crippen LogP contribution in [-0.4, -0.2) is 62.0 Å². The third kappa shape index (κ3) is 9.84. The number of carbonyl (C=O) groups is 4. The molecule has 0 bridgehead atoms. The molecule has 252 valence electrons. The summed E-state index contributed by atoms with van der Waals surface area (Å²) in [4.78, 5) is 50.7. The summed E-state index contributed by atoms with van der Waals surface area (Å²) in [5, 5.41) is 14.9. The Hall–Kier alpha value is -5.30. The van der Waals surface area contributed by atoms with Crippen LogP contribution in [0.5, 0.6) is 23.0 Å². The number of esters is 1. The van der Waals surface area contributed by atoms with Gasteiger partial charge in [0.1, 0.15) is 17.1 Å². The molecule has 3 aromatic carbocycles. The fourth-order valence-corrected chi connectivity index (χ4v) is 4.56. The molecule has 0 unspecified atom stereocenters. The number of hydrogen-bond acceptors (Lipinski definition) is 10. The van der Waals surface area contributed by atoms with E-state index in [9.17, 15) is 24.3 Å². The molecule has 3 rings (SSSR count). The summed E-state index contributed by atoms with van der Waals surface area (Å²) >= 11 is 0. The van der Waals surface area contributed by atoms with E-state index in [0.29, 0.717) is 11.3 Å². The maximum Gasteiger partial charge on any atom is 0.408 e. The molecule has 2 amide bonds. The van der Waals surface area contributed by atoms with Crippen molar-refractivity contribution in [2.24, 2.45) is 5.73 Å². The number of nitrogens with two attached hydrogens (primary N) is 1. The molecular formula is C34H41N3O10. The lowest BCUT2D eigenvalue weighted by molar-refractivity contribution is -0.145. The van der Waals surface area contributed by atoms with Gasteiger partial charge in [-0.1, -0.05) is 36.4 Å². The zero-order valence-corrected chi connectivity index (χ0v) is 27.4. The standard InChI is InChI=1S/C34H41N3O10/c1-19-25(44-6)17-22(29(32(41)45-7)36-30(38)23(35)15-20-11-9-8-10-12-20)18-26(19)46-27-16-21(13-14-24(27)43-5)28(31(39)40)37-33(42)47-34(2,3)4/h8-14,16-18,23,28-29H,15,35H2,1-7H3,(H,36,38)(H,37,42)(H,39,40)/t23-,28-,29+/m1/s1. The van der Waals surface area contributed by atoms with Crippen LogP contribution in [0.15, 0.2) is 60.7 Å². The van der Waals surface area contributed by atoms with E-state index >= 15 is 0 Å². The molecule has 13 heteroatoms. The van der Waals surface area contributed by atoms with E-state index in [1.54, 1.807) is 33.8 Å². The van der Waals surface area contributed by atoms with E-state index in [0.717, 1.165) is 5.56 Å². The van der Waals surface area contributed by atoms with Crippen molar-refractivity contribution in [2.75, 3.05) is 21.3 Å². The number of nitrogens with one attached hydrogen (secondary N) is 2. The van der Waals surface area contributed by atoms with E-state index in [4.69, 9.17) is 29.4 Å². The van der Waals surface area contributed by atoms with Gasteiger partial charge in [-0.2, -0.15) is 0 Å². The molecular weight excluding hydrogens is 610 g/mol. The molecule has 3 aromatic rings. The van der Waals surface area contributed by atoms with Crippen LogP contribution in [0.25, 0.3) is 0 Å². The second-order valence-corrected chi connectivity index (χ2v) is 11.5. The number of alkyl carbamates (subject to hydrolysis) is 1. The van der Waals surface area contributed by atoms with Gasteiger partial charge < -0.3 is 45.2 Å². The molecule has 0 heterocycles. The van der Waals surface area contributed by atoms with E-state index in [2.05, 4.69) is 10.6 Å². The summed E-state index contributed by atoms with van der Waals surface area (Å²) in [5.74, 6) is -1.85. The van der Waals surface area contributed by atoms with E-state index in [1.165, 1.54) is 45.6 Å². The highest BCUT2D eigenvalue weighted by Crippen LogP contribution is 2.39. The molecule has 3 atom stereocenters. The van der Waals surface area contributed by atoms with Gasteiger partial charge in [0.05, 0.1) is 27.4 Å². The topological polar surface area (TPSA) is 185 Å². The lowest BCUT2D eigenvalue weighted by Gasteiger charge is -2.23. The fraction of sp³-hybridized carbons (Fsp3) is 0.353.